The average Bonchev–Trinajstić information content (AvgIpc) is 1.82. The molecule has 2 N–H and O–H groups in total. The van der Waals surface area contributed by atoms with Crippen molar-refractivity contribution < 1.29 is 8.76 Å². The highest BCUT2D eigenvalue weighted by molar-refractivity contribution is 7.77. The van der Waals surface area contributed by atoms with Gasteiger partial charge in [0.2, 0.25) is 11.3 Å². The zero-order valence-corrected chi connectivity index (χ0v) is 8.15. The Labute approximate surface area is 71.0 Å². The van der Waals surface area contributed by atoms with Gasteiger partial charge in [-0.1, -0.05) is 13.8 Å². The van der Waals surface area contributed by atoms with Gasteiger partial charge < -0.3 is 0 Å². The molecule has 2 unspecified atom stereocenters. The van der Waals surface area contributed by atoms with Crippen LogP contribution in [0.1, 0.15) is 33.6 Å². The maximum Gasteiger partial charge on any atom is 0.231 e. The Hall–Kier alpha value is 0.0700. The monoisotopic (exact) mass is 179 g/mol. The van der Waals surface area contributed by atoms with Crippen LogP contribution in [0, 0.1) is 5.92 Å². The second kappa shape index (κ2) is 5.69. The second-order valence-electron chi connectivity index (χ2n) is 3.24. The third kappa shape index (κ3) is 7.97. The highest BCUT2D eigenvalue weighted by Gasteiger charge is 2.04. The average molecular weight is 179 g/mol. The van der Waals surface area contributed by atoms with Crippen LogP contribution in [0.5, 0.6) is 0 Å². The molecule has 0 spiro atoms. The van der Waals surface area contributed by atoms with Crippen molar-refractivity contribution >= 4 is 11.3 Å². The highest BCUT2D eigenvalue weighted by atomic mass is 32.2. The molecule has 3 nitrogen and oxygen atoms in total. The molecule has 0 amide bonds. The van der Waals surface area contributed by atoms with Crippen LogP contribution in [0.15, 0.2) is 0 Å². The van der Waals surface area contributed by atoms with E-state index in [1.807, 2.05) is 6.92 Å². The van der Waals surface area contributed by atoms with E-state index >= 15 is 0 Å². The van der Waals surface area contributed by atoms with Crippen molar-refractivity contribution in [2.24, 2.45) is 5.92 Å². The first-order chi connectivity index (χ1) is 5.02. The van der Waals surface area contributed by atoms with Gasteiger partial charge in [-0.3, -0.25) is 4.55 Å². The van der Waals surface area contributed by atoms with E-state index in [1.54, 1.807) is 0 Å². The van der Waals surface area contributed by atoms with Crippen molar-refractivity contribution in [3.63, 3.8) is 0 Å². The van der Waals surface area contributed by atoms with Gasteiger partial charge in [0.1, 0.15) is 0 Å². The summed E-state index contributed by atoms with van der Waals surface area (Å²) >= 11 is -1.86. The van der Waals surface area contributed by atoms with E-state index in [0.29, 0.717) is 5.92 Å². The quantitative estimate of drug-likeness (QED) is 0.629. The van der Waals surface area contributed by atoms with Gasteiger partial charge >= 0.3 is 0 Å². The lowest BCUT2D eigenvalue weighted by molar-refractivity contribution is 0.477. The van der Waals surface area contributed by atoms with E-state index in [4.69, 9.17) is 4.55 Å². The minimum atomic E-state index is -1.86. The maximum atomic E-state index is 10.3. The van der Waals surface area contributed by atoms with Gasteiger partial charge in [0.05, 0.1) is 0 Å². The summed E-state index contributed by atoms with van der Waals surface area (Å²) in [5.74, 6) is 0.659. The molecule has 0 bridgehead atoms. The van der Waals surface area contributed by atoms with Gasteiger partial charge in [0.15, 0.2) is 0 Å². The van der Waals surface area contributed by atoms with Crippen LogP contribution >= 0.6 is 0 Å². The van der Waals surface area contributed by atoms with Crippen LogP contribution in [0.3, 0.4) is 0 Å². The first kappa shape index (κ1) is 11.1. The second-order valence-corrected chi connectivity index (χ2v) is 3.97. The summed E-state index contributed by atoms with van der Waals surface area (Å²) in [6, 6.07) is 0.128. The van der Waals surface area contributed by atoms with Crippen LogP contribution in [-0.2, 0) is 11.3 Å². The molecule has 0 rings (SSSR count). The largest absolute Gasteiger partial charge is 0.294 e. The zero-order chi connectivity index (χ0) is 8.85. The predicted octanol–water partition coefficient (Wildman–Crippen LogP) is 1.54. The first-order valence-electron chi connectivity index (χ1n) is 3.89. The molecule has 0 saturated heterocycles. The van der Waals surface area contributed by atoms with Crippen LogP contribution in [0.4, 0.5) is 0 Å². The fraction of sp³-hybridized carbons (Fsp3) is 1.00. The summed E-state index contributed by atoms with van der Waals surface area (Å²) in [6.07, 6.45) is 2.04. The number of rotatable bonds is 5. The molecule has 0 aliphatic carbocycles. The van der Waals surface area contributed by atoms with Crippen molar-refractivity contribution in [1.82, 2.24) is 4.72 Å². The Morgan fingerprint density at radius 3 is 2.27 bits per heavy atom. The smallest absolute Gasteiger partial charge is 0.231 e. The maximum absolute atomic E-state index is 10.3. The Morgan fingerprint density at radius 2 is 1.91 bits per heavy atom. The fourth-order valence-electron chi connectivity index (χ4n) is 0.814. The Kier molecular flexibility index (Phi) is 5.72. The topological polar surface area (TPSA) is 49.3 Å². The summed E-state index contributed by atoms with van der Waals surface area (Å²) < 4.78 is 21.2. The van der Waals surface area contributed by atoms with E-state index < -0.39 is 11.3 Å². The molecule has 0 fully saturated rings. The number of hydrogen-bond donors (Lipinski definition) is 2. The van der Waals surface area contributed by atoms with Crippen LogP contribution in [0.25, 0.3) is 0 Å². The molecule has 2 atom stereocenters. The summed E-state index contributed by atoms with van der Waals surface area (Å²) in [6.45, 7) is 6.20. The van der Waals surface area contributed by atoms with E-state index in [1.165, 1.54) is 0 Å². The molecular weight excluding hydrogens is 162 g/mol. The van der Waals surface area contributed by atoms with Gasteiger partial charge in [-0.15, -0.1) is 0 Å². The predicted molar refractivity (Wildman–Crippen MR) is 47.4 cm³/mol. The van der Waals surface area contributed by atoms with E-state index in [2.05, 4.69) is 18.6 Å². The Morgan fingerprint density at radius 1 is 1.36 bits per heavy atom. The van der Waals surface area contributed by atoms with Crippen LogP contribution < -0.4 is 4.72 Å². The first-order valence-corrected chi connectivity index (χ1v) is 5.00. The van der Waals surface area contributed by atoms with E-state index in [9.17, 15) is 4.21 Å². The zero-order valence-electron chi connectivity index (χ0n) is 7.33. The summed E-state index contributed by atoms with van der Waals surface area (Å²) in [7, 11) is 0. The minimum absolute atomic E-state index is 0.128. The van der Waals surface area contributed by atoms with E-state index in [0.717, 1.165) is 12.8 Å². The third-order valence-corrected chi connectivity index (χ3v) is 2.08. The molecule has 0 aromatic rings. The SMILES string of the molecule is CC(C)CCC(C)NS(=O)O. The molecule has 0 heterocycles. The molecular formula is C7H17NO2S. The van der Waals surface area contributed by atoms with Crippen LogP contribution in [-0.4, -0.2) is 14.8 Å². The van der Waals surface area contributed by atoms with Gasteiger partial charge in [-0.25, -0.2) is 8.93 Å². The minimum Gasteiger partial charge on any atom is -0.294 e. The van der Waals surface area contributed by atoms with Crippen molar-refractivity contribution in [3.05, 3.63) is 0 Å². The van der Waals surface area contributed by atoms with Gasteiger partial charge in [-0.2, -0.15) is 0 Å². The lowest BCUT2D eigenvalue weighted by Crippen LogP contribution is -2.27. The summed E-state index contributed by atoms with van der Waals surface area (Å²) in [5.41, 5.74) is 0. The van der Waals surface area contributed by atoms with Gasteiger partial charge in [-0.05, 0) is 25.7 Å². The molecule has 11 heavy (non-hydrogen) atoms. The lowest BCUT2D eigenvalue weighted by atomic mass is 10.1. The lowest BCUT2D eigenvalue weighted by Gasteiger charge is -2.11. The van der Waals surface area contributed by atoms with Gasteiger partial charge in [0.25, 0.3) is 0 Å². The molecule has 0 radical (unpaired) electrons. The van der Waals surface area contributed by atoms with Crippen molar-refractivity contribution in [2.45, 2.75) is 39.7 Å². The number of nitrogens with one attached hydrogen (secondary N) is 1. The standard InChI is InChI=1S/C7H17NO2S/c1-6(2)4-5-7(3)8-11(9)10/h6-8H,4-5H2,1-3H3,(H,9,10). The molecule has 0 aliphatic rings. The Bertz CT molecular complexity index is 128. The van der Waals surface area contributed by atoms with Gasteiger partial charge in [0, 0.05) is 6.04 Å². The fourth-order valence-corrected chi connectivity index (χ4v) is 1.28. The molecule has 0 aromatic heterocycles. The molecule has 0 aromatic carbocycles. The van der Waals surface area contributed by atoms with E-state index in [-0.39, 0.29) is 6.04 Å². The normalized spacial score (nSPS) is 16.8. The third-order valence-electron chi connectivity index (χ3n) is 1.48. The molecule has 0 aliphatic heterocycles. The molecule has 4 heteroatoms. The number of hydrogen-bond acceptors (Lipinski definition) is 1. The molecule has 0 saturated carbocycles. The van der Waals surface area contributed by atoms with Crippen molar-refractivity contribution in [2.75, 3.05) is 0 Å². The summed E-state index contributed by atoms with van der Waals surface area (Å²) in [4.78, 5) is 0. The highest BCUT2D eigenvalue weighted by Crippen LogP contribution is 2.06. The van der Waals surface area contributed by atoms with Crippen LogP contribution in [0.2, 0.25) is 0 Å². The summed E-state index contributed by atoms with van der Waals surface area (Å²) in [5, 5.41) is 0. The molecule has 68 valence electrons. The van der Waals surface area contributed by atoms with Crippen molar-refractivity contribution in [1.29, 1.82) is 0 Å². The van der Waals surface area contributed by atoms with Crippen molar-refractivity contribution in [3.8, 4) is 0 Å². The Balaban J connectivity index is 3.37.